The molecule has 3 rings (SSSR count). The van der Waals surface area contributed by atoms with Crippen molar-refractivity contribution in [1.82, 2.24) is 9.97 Å². The highest BCUT2D eigenvalue weighted by atomic mass is 16.5. The van der Waals surface area contributed by atoms with Crippen LogP contribution < -0.4 is 11.1 Å². The lowest BCUT2D eigenvalue weighted by Gasteiger charge is -2.23. The molecule has 1 atom stereocenters. The van der Waals surface area contributed by atoms with E-state index in [9.17, 15) is 0 Å². The minimum Gasteiger partial charge on any atom is -0.396 e. The average Bonchev–Trinajstić information content (AvgIpc) is 2.58. The molecule has 5 heteroatoms. The van der Waals surface area contributed by atoms with Gasteiger partial charge in [-0.3, -0.25) is 9.97 Å². The molecule has 2 aromatic rings. The molecular weight excluding hydrogens is 276 g/mol. The van der Waals surface area contributed by atoms with E-state index in [4.69, 9.17) is 10.5 Å². The monoisotopic (exact) mass is 298 g/mol. The number of nitrogen functional groups attached to an aromatic ring is 1. The quantitative estimate of drug-likeness (QED) is 0.907. The minimum atomic E-state index is 0.0911. The van der Waals surface area contributed by atoms with Gasteiger partial charge < -0.3 is 15.8 Å². The molecule has 0 spiro atoms. The molecule has 2 aromatic heterocycles. The van der Waals surface area contributed by atoms with Gasteiger partial charge in [0.2, 0.25) is 0 Å². The van der Waals surface area contributed by atoms with E-state index in [1.54, 1.807) is 12.4 Å². The van der Waals surface area contributed by atoms with Crippen LogP contribution >= 0.6 is 0 Å². The Kier molecular flexibility index (Phi) is 4.53. The number of nitrogens with one attached hydrogen (secondary N) is 1. The number of anilines is 2. The fourth-order valence-corrected chi connectivity index (χ4v) is 2.76. The Hall–Kier alpha value is -2.14. The second kappa shape index (κ2) is 6.75. The van der Waals surface area contributed by atoms with Gasteiger partial charge in [-0.15, -0.1) is 0 Å². The second-order valence-electron chi connectivity index (χ2n) is 5.70. The fourth-order valence-electron chi connectivity index (χ4n) is 2.76. The van der Waals surface area contributed by atoms with Crippen LogP contribution in [-0.2, 0) is 4.74 Å². The molecule has 0 amide bonds. The average molecular weight is 298 g/mol. The maximum atomic E-state index is 6.08. The smallest absolute Gasteiger partial charge is 0.0736 e. The number of nitrogens with two attached hydrogens (primary N) is 1. The van der Waals surface area contributed by atoms with E-state index in [1.165, 1.54) is 0 Å². The molecule has 1 aliphatic rings. The molecule has 1 aliphatic heterocycles. The van der Waals surface area contributed by atoms with E-state index in [1.807, 2.05) is 18.2 Å². The molecule has 0 bridgehead atoms. The summed E-state index contributed by atoms with van der Waals surface area (Å²) >= 11 is 0. The van der Waals surface area contributed by atoms with Gasteiger partial charge in [0, 0.05) is 31.0 Å². The van der Waals surface area contributed by atoms with Crippen molar-refractivity contribution in [3.8, 4) is 0 Å². The van der Waals surface area contributed by atoms with Crippen LogP contribution in [0.1, 0.15) is 43.1 Å². The summed E-state index contributed by atoms with van der Waals surface area (Å²) in [5.74, 6) is 0.458. The van der Waals surface area contributed by atoms with Gasteiger partial charge in [0.15, 0.2) is 0 Å². The molecule has 3 heterocycles. The van der Waals surface area contributed by atoms with Crippen molar-refractivity contribution in [1.29, 1.82) is 0 Å². The largest absolute Gasteiger partial charge is 0.396 e. The number of nitrogens with zero attached hydrogens (tertiary/aromatic N) is 2. The molecule has 0 saturated carbocycles. The number of hydrogen-bond acceptors (Lipinski definition) is 5. The summed E-state index contributed by atoms with van der Waals surface area (Å²) in [5, 5.41) is 3.45. The van der Waals surface area contributed by atoms with E-state index >= 15 is 0 Å². The molecule has 22 heavy (non-hydrogen) atoms. The first-order valence-electron chi connectivity index (χ1n) is 7.74. The lowest BCUT2D eigenvalue weighted by Crippen LogP contribution is -2.16. The summed E-state index contributed by atoms with van der Waals surface area (Å²) in [6, 6.07) is 8.08. The summed E-state index contributed by atoms with van der Waals surface area (Å²) in [4.78, 5) is 8.89. The zero-order valence-corrected chi connectivity index (χ0v) is 12.8. The van der Waals surface area contributed by atoms with Gasteiger partial charge in [-0.1, -0.05) is 6.07 Å². The fraction of sp³-hybridized carbons (Fsp3) is 0.412. The first-order valence-corrected chi connectivity index (χ1v) is 7.74. The Labute approximate surface area is 130 Å². The van der Waals surface area contributed by atoms with Crippen LogP contribution in [0.4, 0.5) is 11.4 Å². The van der Waals surface area contributed by atoms with Crippen LogP contribution in [-0.4, -0.2) is 23.2 Å². The van der Waals surface area contributed by atoms with Gasteiger partial charge >= 0.3 is 0 Å². The molecule has 0 unspecified atom stereocenters. The van der Waals surface area contributed by atoms with Crippen molar-refractivity contribution in [2.45, 2.75) is 31.7 Å². The summed E-state index contributed by atoms with van der Waals surface area (Å²) in [5.41, 5.74) is 9.75. The number of rotatable bonds is 4. The van der Waals surface area contributed by atoms with Gasteiger partial charge in [-0.2, -0.15) is 0 Å². The van der Waals surface area contributed by atoms with E-state index in [2.05, 4.69) is 28.3 Å². The third-order valence-electron chi connectivity index (χ3n) is 4.10. The maximum Gasteiger partial charge on any atom is 0.0736 e. The normalized spacial score (nSPS) is 17.1. The van der Waals surface area contributed by atoms with Crippen molar-refractivity contribution in [2.24, 2.45) is 0 Å². The summed E-state index contributed by atoms with van der Waals surface area (Å²) in [6.07, 6.45) is 5.59. The van der Waals surface area contributed by atoms with Crippen LogP contribution in [0.3, 0.4) is 0 Å². The highest BCUT2D eigenvalue weighted by molar-refractivity contribution is 5.66. The van der Waals surface area contributed by atoms with Crippen LogP contribution in [0.2, 0.25) is 0 Å². The van der Waals surface area contributed by atoms with Gasteiger partial charge in [0.25, 0.3) is 0 Å². The van der Waals surface area contributed by atoms with Crippen molar-refractivity contribution < 1.29 is 4.74 Å². The third kappa shape index (κ3) is 3.36. The highest BCUT2D eigenvalue weighted by Gasteiger charge is 2.18. The SMILES string of the molecule is C[C@H](Nc1cc(C2CCOCC2)ncc1N)c1ccccn1. The van der Waals surface area contributed by atoms with E-state index in [0.717, 1.165) is 43.1 Å². The Morgan fingerprint density at radius 2 is 2.09 bits per heavy atom. The maximum absolute atomic E-state index is 6.08. The number of aromatic nitrogens is 2. The molecule has 0 radical (unpaired) electrons. The van der Waals surface area contributed by atoms with Crippen molar-refractivity contribution in [3.05, 3.63) is 48.0 Å². The van der Waals surface area contributed by atoms with Crippen molar-refractivity contribution >= 4 is 11.4 Å². The topological polar surface area (TPSA) is 73.1 Å². The number of hydrogen-bond donors (Lipinski definition) is 2. The lowest BCUT2D eigenvalue weighted by molar-refractivity contribution is 0.0845. The van der Waals surface area contributed by atoms with E-state index in [0.29, 0.717) is 11.6 Å². The molecule has 0 aliphatic carbocycles. The second-order valence-corrected chi connectivity index (χ2v) is 5.70. The molecular formula is C17H22N4O. The van der Waals surface area contributed by atoms with E-state index < -0.39 is 0 Å². The Morgan fingerprint density at radius 3 is 2.82 bits per heavy atom. The molecule has 3 N–H and O–H groups in total. The van der Waals surface area contributed by atoms with E-state index in [-0.39, 0.29) is 6.04 Å². The van der Waals surface area contributed by atoms with Crippen molar-refractivity contribution in [2.75, 3.05) is 24.3 Å². The lowest BCUT2D eigenvalue weighted by atomic mass is 9.95. The minimum absolute atomic E-state index is 0.0911. The zero-order chi connectivity index (χ0) is 15.4. The third-order valence-corrected chi connectivity index (χ3v) is 4.10. The van der Waals surface area contributed by atoms with Crippen LogP contribution in [0.5, 0.6) is 0 Å². The van der Waals surface area contributed by atoms with Crippen molar-refractivity contribution in [3.63, 3.8) is 0 Å². The van der Waals surface area contributed by atoms with Crippen LogP contribution in [0.25, 0.3) is 0 Å². The Balaban J connectivity index is 1.77. The van der Waals surface area contributed by atoms with Crippen LogP contribution in [0, 0.1) is 0 Å². The number of pyridine rings is 2. The molecule has 0 aromatic carbocycles. The molecule has 1 fully saturated rings. The summed E-state index contributed by atoms with van der Waals surface area (Å²) in [7, 11) is 0. The summed E-state index contributed by atoms with van der Waals surface area (Å²) < 4.78 is 5.42. The first-order chi connectivity index (χ1) is 10.7. The first kappa shape index (κ1) is 14.8. The highest BCUT2D eigenvalue weighted by Crippen LogP contribution is 2.30. The Bertz CT molecular complexity index is 611. The Morgan fingerprint density at radius 1 is 1.27 bits per heavy atom. The molecule has 116 valence electrons. The predicted octanol–water partition coefficient (Wildman–Crippen LogP) is 3.13. The number of ether oxygens (including phenoxy) is 1. The van der Waals surface area contributed by atoms with Gasteiger partial charge in [0.1, 0.15) is 0 Å². The van der Waals surface area contributed by atoms with Crippen LogP contribution in [0.15, 0.2) is 36.7 Å². The van der Waals surface area contributed by atoms with Gasteiger partial charge in [0.05, 0.1) is 29.3 Å². The zero-order valence-electron chi connectivity index (χ0n) is 12.8. The van der Waals surface area contributed by atoms with Gasteiger partial charge in [-0.25, -0.2) is 0 Å². The predicted molar refractivity (Wildman–Crippen MR) is 87.7 cm³/mol. The summed E-state index contributed by atoms with van der Waals surface area (Å²) in [6.45, 7) is 3.70. The molecule has 1 saturated heterocycles. The molecule has 5 nitrogen and oxygen atoms in total. The van der Waals surface area contributed by atoms with Gasteiger partial charge in [-0.05, 0) is 38.0 Å². The standard InChI is InChI=1S/C17H22N4O/c1-12(15-4-2-3-7-19-15)21-17-10-16(20-11-14(17)18)13-5-8-22-9-6-13/h2-4,7,10-13H,5-6,8-9,18H2,1H3,(H,20,21)/t12-/m0/s1.